The Balaban J connectivity index is 1.97. The molecule has 4 heteroatoms. The van der Waals surface area contributed by atoms with Crippen molar-refractivity contribution in [3.63, 3.8) is 0 Å². The topological polar surface area (TPSA) is 68.6 Å². The van der Waals surface area contributed by atoms with Crippen LogP contribution in [0.5, 0.6) is 11.5 Å². The number of rotatable bonds is 5. The van der Waals surface area contributed by atoms with Crippen molar-refractivity contribution in [1.29, 1.82) is 0 Å². The Morgan fingerprint density at radius 2 is 1.94 bits per heavy atom. The maximum atomic E-state index is 9.17. The SMILES string of the molecule is Cc1ccc(C(CN)COc2ccc(O)cc2)o1. The van der Waals surface area contributed by atoms with Crippen molar-refractivity contribution in [3.05, 3.63) is 47.9 Å². The maximum absolute atomic E-state index is 9.17. The fraction of sp³-hybridized carbons (Fsp3) is 0.286. The lowest BCUT2D eigenvalue weighted by atomic mass is 10.1. The highest BCUT2D eigenvalue weighted by Crippen LogP contribution is 2.21. The number of benzene rings is 1. The smallest absolute Gasteiger partial charge is 0.119 e. The summed E-state index contributed by atoms with van der Waals surface area (Å²) in [5.74, 6) is 2.67. The van der Waals surface area contributed by atoms with Gasteiger partial charge < -0.3 is 20.0 Å². The Kier molecular flexibility index (Phi) is 3.89. The van der Waals surface area contributed by atoms with Gasteiger partial charge in [-0.25, -0.2) is 0 Å². The van der Waals surface area contributed by atoms with Crippen LogP contribution in [0.2, 0.25) is 0 Å². The third kappa shape index (κ3) is 3.05. The van der Waals surface area contributed by atoms with Crippen LogP contribution >= 0.6 is 0 Å². The molecular weight excluding hydrogens is 230 g/mol. The normalized spacial score (nSPS) is 12.3. The number of furan rings is 1. The van der Waals surface area contributed by atoms with Gasteiger partial charge in [-0.05, 0) is 43.3 Å². The van der Waals surface area contributed by atoms with E-state index >= 15 is 0 Å². The van der Waals surface area contributed by atoms with Gasteiger partial charge in [-0.3, -0.25) is 0 Å². The Labute approximate surface area is 106 Å². The lowest BCUT2D eigenvalue weighted by Gasteiger charge is -2.13. The van der Waals surface area contributed by atoms with E-state index in [9.17, 15) is 5.11 Å². The van der Waals surface area contributed by atoms with Crippen molar-refractivity contribution in [2.75, 3.05) is 13.2 Å². The minimum atomic E-state index is 0.0347. The Morgan fingerprint density at radius 1 is 1.22 bits per heavy atom. The summed E-state index contributed by atoms with van der Waals surface area (Å²) < 4.78 is 11.2. The molecule has 1 unspecified atom stereocenters. The van der Waals surface area contributed by atoms with Crippen LogP contribution in [0.4, 0.5) is 0 Å². The van der Waals surface area contributed by atoms with E-state index in [4.69, 9.17) is 14.9 Å². The van der Waals surface area contributed by atoms with Gasteiger partial charge in [0.25, 0.3) is 0 Å². The van der Waals surface area contributed by atoms with Crippen molar-refractivity contribution in [1.82, 2.24) is 0 Å². The van der Waals surface area contributed by atoms with E-state index in [0.29, 0.717) is 18.9 Å². The number of hydrogen-bond acceptors (Lipinski definition) is 4. The number of aryl methyl sites for hydroxylation is 1. The van der Waals surface area contributed by atoms with Gasteiger partial charge in [0.05, 0.1) is 12.5 Å². The second-order valence-electron chi connectivity index (χ2n) is 4.19. The van der Waals surface area contributed by atoms with Crippen LogP contribution in [0.1, 0.15) is 17.4 Å². The number of ether oxygens (including phenoxy) is 1. The molecule has 4 nitrogen and oxygen atoms in total. The molecule has 1 atom stereocenters. The van der Waals surface area contributed by atoms with Gasteiger partial charge in [-0.2, -0.15) is 0 Å². The molecule has 0 fully saturated rings. The predicted octanol–water partition coefficient (Wildman–Crippen LogP) is 2.41. The van der Waals surface area contributed by atoms with Gasteiger partial charge in [0, 0.05) is 6.54 Å². The standard InChI is InChI=1S/C14H17NO3/c1-10-2-7-14(18-10)11(8-15)9-17-13-5-3-12(16)4-6-13/h2-7,11,16H,8-9,15H2,1H3. The fourth-order valence-electron chi connectivity index (χ4n) is 1.68. The molecule has 2 aromatic rings. The average Bonchev–Trinajstić information content (AvgIpc) is 2.79. The first-order valence-electron chi connectivity index (χ1n) is 5.87. The Hall–Kier alpha value is -1.94. The average molecular weight is 247 g/mol. The highest BCUT2D eigenvalue weighted by atomic mass is 16.5. The molecule has 18 heavy (non-hydrogen) atoms. The number of hydrogen-bond donors (Lipinski definition) is 2. The quantitative estimate of drug-likeness (QED) is 0.851. The number of aromatic hydroxyl groups is 1. The summed E-state index contributed by atoms with van der Waals surface area (Å²) in [7, 11) is 0. The molecule has 1 aromatic carbocycles. The van der Waals surface area contributed by atoms with Crippen molar-refractivity contribution < 1.29 is 14.3 Å². The van der Waals surface area contributed by atoms with E-state index in [1.165, 1.54) is 0 Å². The molecule has 1 heterocycles. The zero-order valence-electron chi connectivity index (χ0n) is 10.3. The second kappa shape index (κ2) is 5.60. The molecule has 0 bridgehead atoms. The van der Waals surface area contributed by atoms with Crippen LogP contribution in [-0.4, -0.2) is 18.3 Å². The molecule has 0 saturated heterocycles. The second-order valence-corrected chi connectivity index (χ2v) is 4.19. The lowest BCUT2D eigenvalue weighted by Crippen LogP contribution is -2.19. The first-order valence-corrected chi connectivity index (χ1v) is 5.87. The maximum Gasteiger partial charge on any atom is 0.119 e. The van der Waals surface area contributed by atoms with Crippen LogP contribution < -0.4 is 10.5 Å². The van der Waals surface area contributed by atoms with E-state index in [0.717, 1.165) is 11.5 Å². The molecular formula is C14H17NO3. The summed E-state index contributed by atoms with van der Waals surface area (Å²) in [6.07, 6.45) is 0. The largest absolute Gasteiger partial charge is 0.508 e. The van der Waals surface area contributed by atoms with Crippen molar-refractivity contribution in [2.45, 2.75) is 12.8 Å². The Bertz CT molecular complexity index is 490. The van der Waals surface area contributed by atoms with Crippen molar-refractivity contribution in [3.8, 4) is 11.5 Å². The van der Waals surface area contributed by atoms with Crippen LogP contribution in [-0.2, 0) is 0 Å². The molecule has 2 rings (SSSR count). The van der Waals surface area contributed by atoms with Crippen molar-refractivity contribution >= 4 is 0 Å². The van der Waals surface area contributed by atoms with Crippen LogP contribution in [0.15, 0.2) is 40.8 Å². The molecule has 1 aromatic heterocycles. The summed E-state index contributed by atoms with van der Waals surface area (Å²) >= 11 is 0. The van der Waals surface area contributed by atoms with E-state index in [2.05, 4.69) is 0 Å². The number of phenols is 1. The van der Waals surface area contributed by atoms with E-state index in [1.807, 2.05) is 19.1 Å². The number of nitrogens with two attached hydrogens (primary N) is 1. The first-order chi connectivity index (χ1) is 8.69. The predicted molar refractivity (Wildman–Crippen MR) is 68.8 cm³/mol. The van der Waals surface area contributed by atoms with Gasteiger partial charge in [-0.15, -0.1) is 0 Å². The minimum absolute atomic E-state index is 0.0347. The summed E-state index contributed by atoms with van der Waals surface area (Å²) in [5.41, 5.74) is 5.72. The monoisotopic (exact) mass is 247 g/mol. The zero-order valence-corrected chi connectivity index (χ0v) is 10.3. The van der Waals surface area contributed by atoms with Crippen LogP contribution in [0.3, 0.4) is 0 Å². The summed E-state index contributed by atoms with van der Waals surface area (Å²) in [5, 5.41) is 9.17. The molecule has 0 aliphatic carbocycles. The third-order valence-electron chi connectivity index (χ3n) is 2.74. The Morgan fingerprint density at radius 3 is 2.50 bits per heavy atom. The molecule has 0 spiro atoms. The molecule has 0 aliphatic rings. The molecule has 0 amide bonds. The van der Waals surface area contributed by atoms with Gasteiger partial charge in [-0.1, -0.05) is 0 Å². The van der Waals surface area contributed by atoms with Gasteiger partial charge in [0.15, 0.2) is 0 Å². The van der Waals surface area contributed by atoms with Crippen LogP contribution in [0.25, 0.3) is 0 Å². The van der Waals surface area contributed by atoms with Gasteiger partial charge >= 0.3 is 0 Å². The highest BCUT2D eigenvalue weighted by molar-refractivity contribution is 5.30. The van der Waals surface area contributed by atoms with Crippen LogP contribution in [0, 0.1) is 6.92 Å². The van der Waals surface area contributed by atoms with E-state index < -0.39 is 0 Å². The molecule has 0 saturated carbocycles. The third-order valence-corrected chi connectivity index (χ3v) is 2.74. The van der Waals surface area contributed by atoms with Gasteiger partial charge in [0.1, 0.15) is 23.0 Å². The molecule has 0 aliphatic heterocycles. The minimum Gasteiger partial charge on any atom is -0.508 e. The first kappa shape index (κ1) is 12.5. The van der Waals surface area contributed by atoms with Crippen molar-refractivity contribution in [2.24, 2.45) is 5.73 Å². The molecule has 3 N–H and O–H groups in total. The zero-order chi connectivity index (χ0) is 13.0. The summed E-state index contributed by atoms with van der Waals surface area (Å²) in [4.78, 5) is 0. The summed E-state index contributed by atoms with van der Waals surface area (Å²) in [6.45, 7) is 2.82. The lowest BCUT2D eigenvalue weighted by molar-refractivity contribution is 0.271. The molecule has 96 valence electrons. The highest BCUT2D eigenvalue weighted by Gasteiger charge is 2.14. The molecule has 0 radical (unpaired) electrons. The fourth-order valence-corrected chi connectivity index (χ4v) is 1.68. The van der Waals surface area contributed by atoms with Gasteiger partial charge in [0.2, 0.25) is 0 Å². The summed E-state index contributed by atoms with van der Waals surface area (Å²) in [6, 6.07) is 10.5. The van der Waals surface area contributed by atoms with E-state index in [1.54, 1.807) is 24.3 Å². The number of phenolic OH excluding ortho intramolecular Hbond substituents is 1. The van der Waals surface area contributed by atoms with E-state index in [-0.39, 0.29) is 11.7 Å².